The molecule has 136 valence electrons. The monoisotopic (exact) mass is 361 g/mol. The summed E-state index contributed by atoms with van der Waals surface area (Å²) in [6, 6.07) is 11.5. The molecule has 4 aromatic rings. The van der Waals surface area contributed by atoms with Gasteiger partial charge in [-0.05, 0) is 29.8 Å². The summed E-state index contributed by atoms with van der Waals surface area (Å²) < 4.78 is 8.75. The summed E-state index contributed by atoms with van der Waals surface area (Å²) in [5, 5.41) is 7.13. The molecule has 1 N–H and O–H groups in total. The molecule has 7 nitrogen and oxygen atoms in total. The molecule has 0 radical (unpaired) electrons. The Kier molecular flexibility index (Phi) is 4.33. The van der Waals surface area contributed by atoms with Crippen molar-refractivity contribution < 1.29 is 9.53 Å². The van der Waals surface area contributed by atoms with Gasteiger partial charge in [0.15, 0.2) is 0 Å². The summed E-state index contributed by atoms with van der Waals surface area (Å²) in [6.07, 6.45) is 7.21. The van der Waals surface area contributed by atoms with Gasteiger partial charge in [0, 0.05) is 37.1 Å². The first-order valence-electron chi connectivity index (χ1n) is 8.51. The number of nitrogens with one attached hydrogen (secondary N) is 1. The van der Waals surface area contributed by atoms with Crippen LogP contribution in [0.3, 0.4) is 0 Å². The number of hydrogen-bond acceptors (Lipinski definition) is 4. The normalized spacial score (nSPS) is 10.9. The second-order valence-electron chi connectivity index (χ2n) is 6.23. The molecule has 4 rings (SSSR count). The zero-order chi connectivity index (χ0) is 18.8. The Labute approximate surface area is 156 Å². The van der Waals surface area contributed by atoms with Gasteiger partial charge < -0.3 is 10.1 Å². The van der Waals surface area contributed by atoms with Crippen molar-refractivity contribution in [1.29, 1.82) is 0 Å². The third-order valence-corrected chi connectivity index (χ3v) is 4.36. The third-order valence-electron chi connectivity index (χ3n) is 4.36. The fraction of sp³-hybridized carbons (Fsp3) is 0.150. The summed E-state index contributed by atoms with van der Waals surface area (Å²) in [6.45, 7) is 0.408. The van der Waals surface area contributed by atoms with Crippen LogP contribution in [0.25, 0.3) is 16.8 Å². The highest BCUT2D eigenvalue weighted by atomic mass is 16.5. The summed E-state index contributed by atoms with van der Waals surface area (Å²) in [5.74, 6) is 0.575. The summed E-state index contributed by atoms with van der Waals surface area (Å²) in [5.41, 5.74) is 4.12. The van der Waals surface area contributed by atoms with E-state index in [4.69, 9.17) is 4.74 Å². The predicted molar refractivity (Wildman–Crippen MR) is 102 cm³/mol. The first kappa shape index (κ1) is 16.8. The molecule has 3 aromatic heterocycles. The van der Waals surface area contributed by atoms with E-state index in [1.54, 1.807) is 28.6 Å². The number of hydrogen-bond donors (Lipinski definition) is 1. The minimum Gasteiger partial charge on any atom is -0.497 e. The molecule has 0 saturated carbocycles. The lowest BCUT2D eigenvalue weighted by atomic mass is 10.2. The number of carbonyl (C=O) groups excluding carboxylic acids is 1. The van der Waals surface area contributed by atoms with Gasteiger partial charge in [0.1, 0.15) is 17.1 Å². The largest absolute Gasteiger partial charge is 0.497 e. The Hall–Kier alpha value is -3.61. The van der Waals surface area contributed by atoms with Crippen molar-refractivity contribution in [1.82, 2.24) is 24.5 Å². The van der Waals surface area contributed by atoms with Crippen molar-refractivity contribution in [3.8, 4) is 16.9 Å². The van der Waals surface area contributed by atoms with Crippen LogP contribution in [0.15, 0.2) is 61.2 Å². The van der Waals surface area contributed by atoms with Gasteiger partial charge in [-0.3, -0.25) is 13.9 Å². The molecule has 0 spiro atoms. The van der Waals surface area contributed by atoms with Gasteiger partial charge in [-0.25, -0.2) is 4.98 Å². The number of imidazole rings is 1. The molecule has 0 aliphatic heterocycles. The van der Waals surface area contributed by atoms with E-state index in [9.17, 15) is 4.79 Å². The van der Waals surface area contributed by atoms with Crippen molar-refractivity contribution in [2.24, 2.45) is 7.05 Å². The Balaban J connectivity index is 1.58. The molecule has 27 heavy (non-hydrogen) atoms. The number of ether oxygens (including phenoxy) is 1. The number of rotatable bonds is 5. The smallest absolute Gasteiger partial charge is 0.270 e. The van der Waals surface area contributed by atoms with Gasteiger partial charge >= 0.3 is 0 Å². The average Bonchev–Trinajstić information content (AvgIpc) is 3.32. The molecule has 0 bridgehead atoms. The maximum atomic E-state index is 12.7. The quantitative estimate of drug-likeness (QED) is 0.593. The summed E-state index contributed by atoms with van der Waals surface area (Å²) in [4.78, 5) is 17.0. The van der Waals surface area contributed by atoms with Gasteiger partial charge in [-0.1, -0.05) is 12.1 Å². The van der Waals surface area contributed by atoms with Gasteiger partial charge in [0.05, 0.1) is 19.5 Å². The van der Waals surface area contributed by atoms with E-state index in [-0.39, 0.29) is 5.91 Å². The lowest BCUT2D eigenvalue weighted by Crippen LogP contribution is -2.24. The SMILES string of the molecule is COc1cccc(CNC(=O)c2cnc3ccc(-c4cnn(C)c4)cn23)c1. The van der Waals surface area contributed by atoms with Crippen LogP contribution in [0, 0.1) is 0 Å². The molecule has 0 saturated heterocycles. The van der Waals surface area contributed by atoms with Gasteiger partial charge in [0.2, 0.25) is 0 Å². The van der Waals surface area contributed by atoms with Crippen LogP contribution < -0.4 is 10.1 Å². The van der Waals surface area contributed by atoms with Crippen molar-refractivity contribution in [2.45, 2.75) is 6.54 Å². The number of fused-ring (bicyclic) bond motifs is 1. The van der Waals surface area contributed by atoms with E-state index in [0.29, 0.717) is 17.9 Å². The molecule has 0 aliphatic carbocycles. The molecule has 1 amide bonds. The number of pyridine rings is 1. The second kappa shape index (κ2) is 6.95. The fourth-order valence-corrected chi connectivity index (χ4v) is 2.94. The molecule has 7 heteroatoms. The van der Waals surface area contributed by atoms with Crippen molar-refractivity contribution in [3.63, 3.8) is 0 Å². The summed E-state index contributed by atoms with van der Waals surface area (Å²) in [7, 11) is 3.49. The van der Waals surface area contributed by atoms with Crippen molar-refractivity contribution in [3.05, 3.63) is 72.4 Å². The molecule has 0 fully saturated rings. The van der Waals surface area contributed by atoms with Gasteiger partial charge in [-0.2, -0.15) is 5.10 Å². The van der Waals surface area contributed by atoms with Crippen LogP contribution >= 0.6 is 0 Å². The first-order chi connectivity index (χ1) is 13.1. The average molecular weight is 361 g/mol. The third kappa shape index (κ3) is 3.39. The number of amides is 1. The van der Waals surface area contributed by atoms with E-state index in [2.05, 4.69) is 15.4 Å². The van der Waals surface area contributed by atoms with Crippen LogP contribution in [0.2, 0.25) is 0 Å². The molecular weight excluding hydrogens is 342 g/mol. The number of nitrogens with zero attached hydrogens (tertiary/aromatic N) is 4. The molecule has 3 heterocycles. The van der Waals surface area contributed by atoms with E-state index in [1.807, 2.05) is 55.8 Å². The topological polar surface area (TPSA) is 73.4 Å². The van der Waals surface area contributed by atoms with Crippen LogP contribution in [-0.4, -0.2) is 32.2 Å². The summed E-state index contributed by atoms with van der Waals surface area (Å²) >= 11 is 0. The standard InChI is InChI=1S/C20H19N5O2/c1-24-12-16(10-23-24)15-6-7-19-21-11-18(25(19)13-15)20(26)22-9-14-4-3-5-17(8-14)27-2/h3-8,10-13H,9H2,1-2H3,(H,22,26). The zero-order valence-corrected chi connectivity index (χ0v) is 15.1. The van der Waals surface area contributed by atoms with Crippen LogP contribution in [0.4, 0.5) is 0 Å². The fourth-order valence-electron chi connectivity index (χ4n) is 2.94. The van der Waals surface area contributed by atoms with Crippen molar-refractivity contribution >= 4 is 11.6 Å². The minimum atomic E-state index is -0.186. The number of methoxy groups -OCH3 is 1. The highest BCUT2D eigenvalue weighted by molar-refractivity contribution is 5.93. The lowest BCUT2D eigenvalue weighted by molar-refractivity contribution is 0.0945. The predicted octanol–water partition coefficient (Wildman–Crippen LogP) is 2.67. The number of carbonyl (C=O) groups is 1. The van der Waals surface area contributed by atoms with Crippen LogP contribution in [0.1, 0.15) is 16.1 Å². The molecule has 0 aliphatic rings. The number of benzene rings is 1. The Morgan fingerprint density at radius 1 is 1.15 bits per heavy atom. The number of aromatic nitrogens is 4. The Morgan fingerprint density at radius 3 is 2.81 bits per heavy atom. The van der Waals surface area contributed by atoms with Gasteiger partial charge in [0.25, 0.3) is 5.91 Å². The van der Waals surface area contributed by atoms with Crippen molar-refractivity contribution in [2.75, 3.05) is 7.11 Å². The highest BCUT2D eigenvalue weighted by Gasteiger charge is 2.13. The van der Waals surface area contributed by atoms with E-state index in [1.165, 1.54) is 0 Å². The molecular formula is C20H19N5O2. The molecule has 1 aromatic carbocycles. The highest BCUT2D eigenvalue weighted by Crippen LogP contribution is 2.20. The zero-order valence-electron chi connectivity index (χ0n) is 15.1. The van der Waals surface area contributed by atoms with E-state index in [0.717, 1.165) is 22.4 Å². The lowest BCUT2D eigenvalue weighted by Gasteiger charge is -2.07. The number of aryl methyl sites for hydroxylation is 1. The van der Waals surface area contributed by atoms with Crippen LogP contribution in [-0.2, 0) is 13.6 Å². The van der Waals surface area contributed by atoms with Crippen LogP contribution in [0.5, 0.6) is 5.75 Å². The van der Waals surface area contributed by atoms with Gasteiger partial charge in [-0.15, -0.1) is 0 Å². The minimum absolute atomic E-state index is 0.186. The van der Waals surface area contributed by atoms with E-state index < -0.39 is 0 Å². The molecule has 0 atom stereocenters. The molecule has 0 unspecified atom stereocenters. The maximum absolute atomic E-state index is 12.7. The van der Waals surface area contributed by atoms with E-state index >= 15 is 0 Å². The Morgan fingerprint density at radius 2 is 2.04 bits per heavy atom. The maximum Gasteiger partial charge on any atom is 0.270 e. The second-order valence-corrected chi connectivity index (χ2v) is 6.23. The Bertz CT molecular complexity index is 1110. The first-order valence-corrected chi connectivity index (χ1v) is 8.51.